The second-order valence-electron chi connectivity index (χ2n) is 7.59. The van der Waals surface area contributed by atoms with Crippen LogP contribution in [0, 0.1) is 17.2 Å². The second-order valence-corrected chi connectivity index (χ2v) is 8.70. The molecule has 0 aliphatic heterocycles. The van der Waals surface area contributed by atoms with Gasteiger partial charge in [0, 0.05) is 24.4 Å². The van der Waals surface area contributed by atoms with E-state index in [-0.39, 0.29) is 5.91 Å². The van der Waals surface area contributed by atoms with E-state index in [1.807, 2.05) is 0 Å². The molecule has 0 bridgehead atoms. The van der Waals surface area contributed by atoms with Crippen molar-refractivity contribution in [2.24, 2.45) is 5.92 Å². The quantitative estimate of drug-likeness (QED) is 0.769. The topological polar surface area (TPSA) is 56.1 Å². The van der Waals surface area contributed by atoms with Crippen LogP contribution in [0.25, 0.3) is 0 Å². The zero-order valence-electron chi connectivity index (χ0n) is 15.3. The Balaban J connectivity index is 1.53. The Morgan fingerprint density at radius 1 is 1.24 bits per heavy atom. The van der Waals surface area contributed by atoms with Gasteiger partial charge >= 0.3 is 0 Å². The van der Waals surface area contributed by atoms with E-state index < -0.39 is 0 Å². The van der Waals surface area contributed by atoms with Gasteiger partial charge in [0.2, 0.25) is 5.91 Å². The zero-order chi connectivity index (χ0) is 17.6. The summed E-state index contributed by atoms with van der Waals surface area (Å²) in [7, 11) is 2.11. The third-order valence-corrected chi connectivity index (χ3v) is 6.76. The fraction of sp³-hybridized carbons (Fsp3) is 0.700. The molecule has 25 heavy (non-hydrogen) atoms. The number of carbonyl (C=O) groups is 1. The summed E-state index contributed by atoms with van der Waals surface area (Å²) in [6, 6.07) is 2.34. The summed E-state index contributed by atoms with van der Waals surface area (Å²) in [6.45, 7) is 1.89. The van der Waals surface area contributed by atoms with Crippen molar-refractivity contribution in [2.45, 2.75) is 64.2 Å². The van der Waals surface area contributed by atoms with Gasteiger partial charge in [0.15, 0.2) is 0 Å². The van der Waals surface area contributed by atoms with E-state index in [1.165, 1.54) is 49.0 Å². The van der Waals surface area contributed by atoms with Gasteiger partial charge in [0.25, 0.3) is 0 Å². The Bertz CT molecular complexity index is 640. The van der Waals surface area contributed by atoms with Crippen molar-refractivity contribution in [3.05, 3.63) is 16.0 Å². The monoisotopic (exact) mass is 359 g/mol. The average Bonchev–Trinajstić information content (AvgIpc) is 3.14. The number of aryl methyl sites for hydroxylation is 1. The van der Waals surface area contributed by atoms with E-state index in [0.717, 1.165) is 48.8 Å². The third-order valence-electron chi connectivity index (χ3n) is 5.55. The summed E-state index contributed by atoms with van der Waals surface area (Å²) in [4.78, 5) is 16.0. The minimum atomic E-state index is 0.0335. The molecule has 0 saturated heterocycles. The van der Waals surface area contributed by atoms with Gasteiger partial charge in [-0.15, -0.1) is 11.3 Å². The number of thiophene rings is 1. The summed E-state index contributed by atoms with van der Waals surface area (Å²) in [5.41, 5.74) is 1.91. The number of nitrogens with zero attached hydrogens (tertiary/aromatic N) is 2. The number of nitrogens with one attached hydrogen (secondary N) is 1. The van der Waals surface area contributed by atoms with E-state index in [2.05, 4.69) is 23.3 Å². The van der Waals surface area contributed by atoms with Gasteiger partial charge in [0.05, 0.1) is 5.56 Å². The SMILES string of the molecule is CN(CCC(=O)Nc1sc2c(c1C#N)CCCCC2)CC1CCCC1. The van der Waals surface area contributed by atoms with Crippen molar-refractivity contribution in [1.29, 1.82) is 5.26 Å². The molecule has 0 atom stereocenters. The molecule has 136 valence electrons. The molecule has 5 heteroatoms. The number of anilines is 1. The smallest absolute Gasteiger partial charge is 0.226 e. The lowest BCUT2D eigenvalue weighted by Gasteiger charge is -2.20. The van der Waals surface area contributed by atoms with E-state index in [0.29, 0.717) is 6.42 Å². The lowest BCUT2D eigenvalue weighted by Crippen LogP contribution is -2.28. The number of fused-ring (bicyclic) bond motifs is 1. The van der Waals surface area contributed by atoms with Gasteiger partial charge < -0.3 is 10.2 Å². The maximum atomic E-state index is 12.4. The molecule has 4 nitrogen and oxygen atoms in total. The Kier molecular flexibility index (Phi) is 6.50. The van der Waals surface area contributed by atoms with Gasteiger partial charge in [-0.2, -0.15) is 5.26 Å². The normalized spacial score (nSPS) is 18.0. The molecule has 3 rings (SSSR count). The third kappa shape index (κ3) is 4.83. The van der Waals surface area contributed by atoms with E-state index in [9.17, 15) is 10.1 Å². The Morgan fingerprint density at radius 2 is 2.00 bits per heavy atom. The van der Waals surface area contributed by atoms with Gasteiger partial charge in [-0.1, -0.05) is 19.3 Å². The lowest BCUT2D eigenvalue weighted by molar-refractivity contribution is -0.116. The predicted molar refractivity (Wildman–Crippen MR) is 103 cm³/mol. The van der Waals surface area contributed by atoms with Crippen molar-refractivity contribution in [2.75, 3.05) is 25.5 Å². The Hall–Kier alpha value is -1.38. The molecule has 1 aromatic heterocycles. The van der Waals surface area contributed by atoms with Crippen molar-refractivity contribution in [3.63, 3.8) is 0 Å². The van der Waals surface area contributed by atoms with Crippen LogP contribution in [0.15, 0.2) is 0 Å². The highest BCUT2D eigenvalue weighted by Crippen LogP contribution is 2.37. The Labute approximate surface area is 155 Å². The van der Waals surface area contributed by atoms with E-state index >= 15 is 0 Å². The van der Waals surface area contributed by atoms with Crippen molar-refractivity contribution < 1.29 is 4.79 Å². The second kappa shape index (κ2) is 8.82. The van der Waals surface area contributed by atoms with Crippen LogP contribution < -0.4 is 5.32 Å². The van der Waals surface area contributed by atoms with Crippen LogP contribution in [0.5, 0.6) is 0 Å². The molecular weight excluding hydrogens is 330 g/mol. The van der Waals surface area contributed by atoms with Crippen LogP contribution in [0.4, 0.5) is 5.00 Å². The largest absolute Gasteiger partial charge is 0.317 e. The van der Waals surface area contributed by atoms with Crippen LogP contribution in [-0.4, -0.2) is 30.9 Å². The number of nitriles is 1. The van der Waals surface area contributed by atoms with Crippen LogP contribution in [0.3, 0.4) is 0 Å². The summed E-state index contributed by atoms with van der Waals surface area (Å²) >= 11 is 1.62. The summed E-state index contributed by atoms with van der Waals surface area (Å²) in [5.74, 6) is 0.845. The first-order chi connectivity index (χ1) is 12.2. The van der Waals surface area contributed by atoms with Crippen LogP contribution in [0.1, 0.15) is 67.4 Å². The highest BCUT2D eigenvalue weighted by molar-refractivity contribution is 7.16. The molecule has 1 amide bonds. The van der Waals surface area contributed by atoms with Crippen molar-refractivity contribution in [1.82, 2.24) is 4.90 Å². The highest BCUT2D eigenvalue weighted by atomic mass is 32.1. The molecule has 0 unspecified atom stereocenters. The van der Waals surface area contributed by atoms with E-state index in [4.69, 9.17) is 0 Å². The first kappa shape index (κ1) is 18.4. The summed E-state index contributed by atoms with van der Waals surface area (Å²) in [5, 5.41) is 13.3. The molecular formula is C20H29N3OS. The zero-order valence-corrected chi connectivity index (χ0v) is 16.1. The Morgan fingerprint density at radius 3 is 2.76 bits per heavy atom. The molecule has 0 spiro atoms. The number of hydrogen-bond donors (Lipinski definition) is 1. The number of rotatable bonds is 6. The van der Waals surface area contributed by atoms with Gasteiger partial charge in [-0.3, -0.25) is 4.79 Å². The maximum absolute atomic E-state index is 12.4. The molecule has 1 heterocycles. The molecule has 1 aromatic rings. The number of carbonyl (C=O) groups excluding carboxylic acids is 1. The first-order valence-corrected chi connectivity index (χ1v) is 10.5. The van der Waals surface area contributed by atoms with E-state index in [1.54, 1.807) is 11.3 Å². The number of amides is 1. The van der Waals surface area contributed by atoms with Crippen LogP contribution in [0.2, 0.25) is 0 Å². The van der Waals surface area contributed by atoms with Gasteiger partial charge in [-0.25, -0.2) is 0 Å². The minimum Gasteiger partial charge on any atom is -0.317 e. The average molecular weight is 360 g/mol. The molecule has 0 aromatic carbocycles. The molecule has 0 radical (unpaired) electrons. The summed E-state index contributed by atoms with van der Waals surface area (Å²) < 4.78 is 0. The van der Waals surface area contributed by atoms with Crippen LogP contribution in [-0.2, 0) is 17.6 Å². The highest BCUT2D eigenvalue weighted by Gasteiger charge is 2.21. The standard InChI is InChI=1S/C20H29N3OS/c1-23(14-15-7-5-6-8-15)12-11-19(24)22-20-17(13-21)16-9-3-2-4-10-18(16)25-20/h15H,2-12,14H2,1H3,(H,22,24). The number of hydrogen-bond acceptors (Lipinski definition) is 4. The lowest BCUT2D eigenvalue weighted by atomic mass is 10.1. The first-order valence-electron chi connectivity index (χ1n) is 9.70. The fourth-order valence-corrected chi connectivity index (χ4v) is 5.41. The molecule has 2 aliphatic rings. The predicted octanol–water partition coefficient (Wildman–Crippen LogP) is 4.34. The maximum Gasteiger partial charge on any atom is 0.226 e. The minimum absolute atomic E-state index is 0.0335. The fourth-order valence-electron chi connectivity index (χ4n) is 4.16. The summed E-state index contributed by atoms with van der Waals surface area (Å²) in [6.07, 6.45) is 11.5. The molecule has 2 aliphatic carbocycles. The van der Waals surface area contributed by atoms with Crippen molar-refractivity contribution >= 4 is 22.2 Å². The molecule has 1 fully saturated rings. The molecule has 1 saturated carbocycles. The van der Waals surface area contributed by atoms with Gasteiger partial charge in [-0.05, 0) is 57.1 Å². The van der Waals surface area contributed by atoms with Crippen molar-refractivity contribution in [3.8, 4) is 6.07 Å². The van der Waals surface area contributed by atoms with Crippen LogP contribution >= 0.6 is 11.3 Å². The van der Waals surface area contributed by atoms with Gasteiger partial charge in [0.1, 0.15) is 11.1 Å². The molecule has 1 N–H and O–H groups in total.